The van der Waals surface area contributed by atoms with Gasteiger partial charge in [0.1, 0.15) is 12.2 Å². The van der Waals surface area contributed by atoms with Gasteiger partial charge in [-0.15, -0.1) is 0 Å². The minimum absolute atomic E-state index is 0.0563. The molecule has 3 rings (SSSR count). The van der Waals surface area contributed by atoms with Crippen LogP contribution in [0.5, 0.6) is 0 Å². The van der Waals surface area contributed by atoms with Gasteiger partial charge in [0.15, 0.2) is 5.78 Å². The highest BCUT2D eigenvalue weighted by Gasteiger charge is 2.25. The zero-order valence-corrected chi connectivity index (χ0v) is 15.1. The van der Waals surface area contributed by atoms with Crippen molar-refractivity contribution in [3.05, 3.63) is 50.9 Å². The van der Waals surface area contributed by atoms with Crippen molar-refractivity contribution in [2.75, 3.05) is 12.9 Å². The van der Waals surface area contributed by atoms with Crippen molar-refractivity contribution in [3.63, 3.8) is 0 Å². The number of carbonyl (C=O) groups is 1. The number of ketones is 1. The molecule has 2 aromatic rings. The maximum atomic E-state index is 12.8. The van der Waals surface area contributed by atoms with Crippen LogP contribution >= 0.6 is 0 Å². The zero-order chi connectivity index (χ0) is 18.4. The van der Waals surface area contributed by atoms with Crippen LogP contribution in [0.3, 0.4) is 0 Å². The second-order valence-electron chi connectivity index (χ2n) is 6.12. The summed E-state index contributed by atoms with van der Waals surface area (Å²) in [7, 11) is -0.983. The molecule has 0 spiro atoms. The standard InChI is InChI=1S/C17H19N3O4S/c1-10-11(16(21)12-9-18-20(2)17(12)22)5-6-14(25(3,4)23)15(10)13-7-8-24-19-13/h5-6,9,18H,3,7-8H2,1-2,4H3. The molecule has 7 nitrogen and oxygen atoms in total. The van der Waals surface area contributed by atoms with Crippen LogP contribution in [0.4, 0.5) is 0 Å². The monoisotopic (exact) mass is 361 g/mol. The van der Waals surface area contributed by atoms with Gasteiger partial charge in [-0.05, 0) is 40.0 Å². The Balaban J connectivity index is 2.23. The van der Waals surface area contributed by atoms with Crippen molar-refractivity contribution in [1.29, 1.82) is 0 Å². The van der Waals surface area contributed by atoms with Crippen LogP contribution in [0.2, 0.25) is 0 Å². The molecular weight excluding hydrogens is 342 g/mol. The number of oxime groups is 1. The van der Waals surface area contributed by atoms with Crippen molar-refractivity contribution in [2.45, 2.75) is 18.2 Å². The van der Waals surface area contributed by atoms with Crippen LogP contribution in [0, 0.1) is 6.92 Å². The molecule has 1 N–H and O–H groups in total. The lowest BCUT2D eigenvalue weighted by Crippen LogP contribution is -2.21. The lowest BCUT2D eigenvalue weighted by atomic mass is 9.93. The average molecular weight is 361 g/mol. The van der Waals surface area contributed by atoms with Crippen LogP contribution in [-0.4, -0.2) is 44.2 Å². The van der Waals surface area contributed by atoms with Crippen molar-refractivity contribution in [2.24, 2.45) is 12.2 Å². The SMILES string of the molecule is C=S(C)(=O)c1ccc(C(=O)c2c[nH]n(C)c2=O)c(C)c1C1=NOCC1. The predicted octanol–water partition coefficient (Wildman–Crippen LogP) is 1.08. The Morgan fingerprint density at radius 1 is 1.40 bits per heavy atom. The van der Waals surface area contributed by atoms with E-state index in [1.54, 1.807) is 32.4 Å². The Bertz CT molecular complexity index is 1060. The number of benzene rings is 1. The van der Waals surface area contributed by atoms with E-state index in [-0.39, 0.29) is 5.56 Å². The van der Waals surface area contributed by atoms with Gasteiger partial charge in [-0.3, -0.25) is 18.5 Å². The van der Waals surface area contributed by atoms with Crippen molar-refractivity contribution in [1.82, 2.24) is 9.78 Å². The summed E-state index contributed by atoms with van der Waals surface area (Å²) in [6.07, 6.45) is 3.50. The third kappa shape index (κ3) is 2.93. The second-order valence-corrected chi connectivity index (χ2v) is 8.57. The molecule has 0 amide bonds. The highest BCUT2D eigenvalue weighted by molar-refractivity contribution is 7.99. The fourth-order valence-corrected chi connectivity index (χ4v) is 3.96. The largest absolute Gasteiger partial charge is 0.395 e. The number of H-pyrrole nitrogens is 1. The summed E-state index contributed by atoms with van der Waals surface area (Å²) >= 11 is 0. The number of nitrogens with zero attached hydrogens (tertiary/aromatic N) is 2. The Kier molecular flexibility index (Phi) is 4.16. The average Bonchev–Trinajstić information content (AvgIpc) is 3.17. The van der Waals surface area contributed by atoms with Crippen molar-refractivity contribution < 1.29 is 13.8 Å². The van der Waals surface area contributed by atoms with Crippen LogP contribution in [0.1, 0.15) is 33.5 Å². The summed E-state index contributed by atoms with van der Waals surface area (Å²) in [5.41, 5.74) is 1.91. The van der Waals surface area contributed by atoms with Crippen LogP contribution in [-0.2, 0) is 21.4 Å². The van der Waals surface area contributed by atoms with E-state index in [0.717, 1.165) is 0 Å². The van der Waals surface area contributed by atoms with Gasteiger partial charge in [0, 0.05) is 41.9 Å². The van der Waals surface area contributed by atoms with Gasteiger partial charge >= 0.3 is 0 Å². The first kappa shape index (κ1) is 17.2. The summed E-state index contributed by atoms with van der Waals surface area (Å²) in [4.78, 5) is 30.5. The first-order chi connectivity index (χ1) is 11.7. The fraction of sp³-hybridized carbons (Fsp3) is 0.294. The molecule has 25 heavy (non-hydrogen) atoms. The molecule has 1 aliphatic heterocycles. The van der Waals surface area contributed by atoms with Crippen LogP contribution < -0.4 is 5.56 Å². The number of aryl methyl sites for hydroxylation is 1. The molecular formula is C17H19N3O4S. The van der Waals surface area contributed by atoms with E-state index >= 15 is 0 Å². The van der Waals surface area contributed by atoms with E-state index in [1.165, 1.54) is 10.9 Å². The number of carbonyl (C=O) groups excluding carboxylic acids is 1. The molecule has 0 radical (unpaired) electrons. The lowest BCUT2D eigenvalue weighted by molar-refractivity contribution is 0.103. The molecule has 0 saturated heterocycles. The van der Waals surface area contributed by atoms with E-state index in [0.29, 0.717) is 40.3 Å². The number of aromatic amines is 1. The summed E-state index contributed by atoms with van der Waals surface area (Å²) in [6, 6.07) is 3.22. The first-order valence-corrected chi connectivity index (χ1v) is 9.79. The predicted molar refractivity (Wildman–Crippen MR) is 97.2 cm³/mol. The summed E-state index contributed by atoms with van der Waals surface area (Å²) in [5.74, 6) is 3.36. The van der Waals surface area contributed by atoms with Gasteiger partial charge in [-0.25, -0.2) is 0 Å². The summed E-state index contributed by atoms with van der Waals surface area (Å²) in [5, 5.41) is 6.71. The molecule has 1 atom stereocenters. The van der Waals surface area contributed by atoms with Gasteiger partial charge in [0.2, 0.25) is 0 Å². The Labute approximate surface area is 145 Å². The smallest absolute Gasteiger partial charge is 0.277 e. The molecule has 2 heterocycles. The topological polar surface area (TPSA) is 93.5 Å². The third-order valence-corrected chi connectivity index (χ3v) is 5.48. The maximum Gasteiger partial charge on any atom is 0.277 e. The Morgan fingerprint density at radius 3 is 2.64 bits per heavy atom. The Hall–Kier alpha value is -2.61. The molecule has 0 bridgehead atoms. The molecule has 8 heteroatoms. The van der Waals surface area contributed by atoms with E-state index in [1.807, 2.05) is 0 Å². The van der Waals surface area contributed by atoms with E-state index in [2.05, 4.69) is 16.1 Å². The first-order valence-electron chi connectivity index (χ1n) is 7.66. The molecule has 1 unspecified atom stereocenters. The van der Waals surface area contributed by atoms with Gasteiger partial charge in [-0.2, -0.15) is 0 Å². The van der Waals surface area contributed by atoms with Crippen LogP contribution in [0.25, 0.3) is 0 Å². The van der Waals surface area contributed by atoms with Gasteiger partial charge in [0.25, 0.3) is 5.56 Å². The quantitative estimate of drug-likeness (QED) is 0.651. The molecule has 1 aromatic heterocycles. The minimum atomic E-state index is -2.52. The van der Waals surface area contributed by atoms with Gasteiger partial charge < -0.3 is 9.94 Å². The highest BCUT2D eigenvalue weighted by atomic mass is 32.2. The molecule has 0 aliphatic carbocycles. The second kappa shape index (κ2) is 6.03. The number of rotatable bonds is 4. The molecule has 1 aromatic carbocycles. The number of aromatic nitrogens is 2. The number of nitrogens with one attached hydrogen (secondary N) is 1. The van der Waals surface area contributed by atoms with Crippen molar-refractivity contribution in [3.8, 4) is 0 Å². The fourth-order valence-electron chi connectivity index (χ4n) is 2.90. The number of hydrogen-bond donors (Lipinski definition) is 1. The lowest BCUT2D eigenvalue weighted by Gasteiger charge is -2.16. The zero-order valence-electron chi connectivity index (χ0n) is 14.3. The normalized spacial score (nSPS) is 16.2. The molecule has 0 saturated carbocycles. The van der Waals surface area contributed by atoms with Gasteiger partial charge in [-0.1, -0.05) is 5.16 Å². The Morgan fingerprint density at radius 2 is 2.12 bits per heavy atom. The van der Waals surface area contributed by atoms with Gasteiger partial charge in [0.05, 0.1) is 5.71 Å². The summed E-state index contributed by atoms with van der Waals surface area (Å²) < 4.78 is 13.8. The molecule has 1 aliphatic rings. The third-order valence-electron chi connectivity index (χ3n) is 4.21. The number of hydrogen-bond acceptors (Lipinski definition) is 5. The maximum absolute atomic E-state index is 12.8. The van der Waals surface area contributed by atoms with E-state index < -0.39 is 20.9 Å². The van der Waals surface area contributed by atoms with Crippen LogP contribution in [0.15, 0.2) is 33.2 Å². The van der Waals surface area contributed by atoms with E-state index in [4.69, 9.17) is 4.84 Å². The molecule has 0 fully saturated rings. The van der Waals surface area contributed by atoms with E-state index in [9.17, 15) is 13.8 Å². The van der Waals surface area contributed by atoms with Crippen molar-refractivity contribution >= 4 is 26.9 Å². The minimum Gasteiger partial charge on any atom is -0.395 e. The highest BCUT2D eigenvalue weighted by Crippen LogP contribution is 2.27. The summed E-state index contributed by atoms with van der Waals surface area (Å²) in [6.45, 7) is 2.20. The molecule has 132 valence electrons.